The van der Waals surface area contributed by atoms with E-state index in [0.717, 1.165) is 19.3 Å². The summed E-state index contributed by atoms with van der Waals surface area (Å²) in [6, 6.07) is 0. The van der Waals surface area contributed by atoms with E-state index in [0.29, 0.717) is 6.54 Å². The van der Waals surface area contributed by atoms with Crippen LogP contribution >= 0.6 is 0 Å². The standard InChI is InChI=1S/C8H17NO4S/c1-2-3-4-6-9-14(12,13)7-5-8(10)11/h9H,2-7H2,1H3,(H,10,11). The highest BCUT2D eigenvalue weighted by Gasteiger charge is 2.11. The van der Waals surface area contributed by atoms with Crippen LogP contribution in [0.1, 0.15) is 32.6 Å². The van der Waals surface area contributed by atoms with Crippen LogP contribution in [0.4, 0.5) is 0 Å². The molecule has 0 atom stereocenters. The molecule has 6 heteroatoms. The fourth-order valence-corrected chi connectivity index (χ4v) is 1.94. The first-order valence-corrected chi connectivity index (χ1v) is 6.32. The second-order valence-electron chi connectivity index (χ2n) is 3.06. The Balaban J connectivity index is 3.67. The predicted octanol–water partition coefficient (Wildman–Crippen LogP) is 0.571. The van der Waals surface area contributed by atoms with Gasteiger partial charge in [0.15, 0.2) is 0 Å². The van der Waals surface area contributed by atoms with Gasteiger partial charge in [-0.25, -0.2) is 13.1 Å². The molecule has 0 saturated carbocycles. The number of hydrogen-bond acceptors (Lipinski definition) is 3. The van der Waals surface area contributed by atoms with Crippen molar-refractivity contribution in [1.29, 1.82) is 0 Å². The first-order valence-electron chi connectivity index (χ1n) is 4.67. The second-order valence-corrected chi connectivity index (χ2v) is 4.99. The van der Waals surface area contributed by atoms with Gasteiger partial charge in [0.1, 0.15) is 0 Å². The molecule has 2 N–H and O–H groups in total. The summed E-state index contributed by atoms with van der Waals surface area (Å²) in [5.74, 6) is -1.43. The first kappa shape index (κ1) is 13.4. The molecule has 0 rings (SSSR count). The fourth-order valence-electron chi connectivity index (χ4n) is 0.897. The summed E-state index contributed by atoms with van der Waals surface area (Å²) in [4.78, 5) is 10.1. The van der Waals surface area contributed by atoms with Crippen molar-refractivity contribution in [3.63, 3.8) is 0 Å². The smallest absolute Gasteiger partial charge is 0.304 e. The van der Waals surface area contributed by atoms with E-state index in [1.54, 1.807) is 0 Å². The molecule has 0 radical (unpaired) electrons. The minimum atomic E-state index is -3.39. The number of sulfonamides is 1. The number of nitrogens with one attached hydrogen (secondary N) is 1. The number of carboxylic acids is 1. The van der Waals surface area contributed by atoms with E-state index in [1.807, 2.05) is 6.92 Å². The van der Waals surface area contributed by atoms with Gasteiger partial charge < -0.3 is 5.11 Å². The number of carbonyl (C=O) groups is 1. The lowest BCUT2D eigenvalue weighted by molar-refractivity contribution is -0.136. The van der Waals surface area contributed by atoms with Crippen LogP contribution in [0.25, 0.3) is 0 Å². The normalized spacial score (nSPS) is 11.5. The summed E-state index contributed by atoms with van der Waals surface area (Å²) < 4.78 is 24.6. The van der Waals surface area contributed by atoms with Crippen LogP contribution < -0.4 is 4.72 Å². The summed E-state index contributed by atoms with van der Waals surface area (Å²) in [5.41, 5.74) is 0. The maximum absolute atomic E-state index is 11.1. The molecule has 0 aromatic carbocycles. The maximum Gasteiger partial charge on any atom is 0.304 e. The second kappa shape index (κ2) is 6.78. The predicted molar refractivity (Wildman–Crippen MR) is 53.6 cm³/mol. The van der Waals surface area contributed by atoms with Gasteiger partial charge in [-0.15, -0.1) is 0 Å². The Bertz CT molecular complexity index is 261. The van der Waals surface area contributed by atoms with Crippen LogP contribution in [0.2, 0.25) is 0 Å². The number of carboxylic acid groups (broad SMARTS) is 1. The highest BCUT2D eigenvalue weighted by molar-refractivity contribution is 7.89. The molecule has 0 aromatic rings. The Morgan fingerprint density at radius 3 is 2.50 bits per heavy atom. The van der Waals surface area contributed by atoms with E-state index in [4.69, 9.17) is 5.11 Å². The van der Waals surface area contributed by atoms with Crippen molar-refractivity contribution in [2.45, 2.75) is 32.6 Å². The molecule has 0 bridgehead atoms. The Morgan fingerprint density at radius 1 is 1.36 bits per heavy atom. The van der Waals surface area contributed by atoms with Gasteiger partial charge in [-0.2, -0.15) is 0 Å². The van der Waals surface area contributed by atoms with E-state index >= 15 is 0 Å². The van der Waals surface area contributed by atoms with E-state index < -0.39 is 16.0 Å². The van der Waals surface area contributed by atoms with Crippen LogP contribution in [0, 0.1) is 0 Å². The molecule has 0 heterocycles. The number of aliphatic carboxylic acids is 1. The third kappa shape index (κ3) is 8.00. The van der Waals surface area contributed by atoms with Crippen molar-refractivity contribution in [3.8, 4) is 0 Å². The van der Waals surface area contributed by atoms with Crippen LogP contribution in [-0.4, -0.2) is 31.8 Å². The van der Waals surface area contributed by atoms with Crippen molar-refractivity contribution >= 4 is 16.0 Å². The highest BCUT2D eigenvalue weighted by atomic mass is 32.2. The molecule has 0 aliphatic carbocycles. The van der Waals surface area contributed by atoms with Gasteiger partial charge in [0, 0.05) is 6.54 Å². The molecule has 14 heavy (non-hydrogen) atoms. The first-order chi connectivity index (χ1) is 6.48. The Morgan fingerprint density at radius 2 is 2.00 bits per heavy atom. The fraction of sp³-hybridized carbons (Fsp3) is 0.875. The van der Waals surface area contributed by atoms with E-state index in [1.165, 1.54) is 0 Å². The van der Waals surface area contributed by atoms with Gasteiger partial charge in [-0.05, 0) is 6.42 Å². The Hall–Kier alpha value is -0.620. The number of rotatable bonds is 8. The summed E-state index contributed by atoms with van der Waals surface area (Å²) in [7, 11) is -3.39. The van der Waals surface area contributed by atoms with Crippen LogP contribution in [-0.2, 0) is 14.8 Å². The van der Waals surface area contributed by atoms with E-state index in [2.05, 4.69) is 4.72 Å². The summed E-state index contributed by atoms with van der Waals surface area (Å²) in [5, 5.41) is 8.29. The monoisotopic (exact) mass is 223 g/mol. The lowest BCUT2D eigenvalue weighted by Gasteiger charge is -2.04. The van der Waals surface area contributed by atoms with Gasteiger partial charge in [0.05, 0.1) is 12.2 Å². The van der Waals surface area contributed by atoms with Crippen molar-refractivity contribution in [1.82, 2.24) is 4.72 Å². The third-order valence-electron chi connectivity index (χ3n) is 1.69. The van der Waals surface area contributed by atoms with E-state index in [-0.39, 0.29) is 12.2 Å². The average molecular weight is 223 g/mol. The zero-order valence-electron chi connectivity index (χ0n) is 8.32. The van der Waals surface area contributed by atoms with Gasteiger partial charge in [0.25, 0.3) is 0 Å². The average Bonchev–Trinajstić information content (AvgIpc) is 2.10. The van der Waals surface area contributed by atoms with E-state index in [9.17, 15) is 13.2 Å². The zero-order valence-corrected chi connectivity index (χ0v) is 9.14. The van der Waals surface area contributed by atoms with Crippen molar-refractivity contribution in [2.75, 3.05) is 12.3 Å². The summed E-state index contributed by atoms with van der Waals surface area (Å²) in [6.07, 6.45) is 2.45. The number of unbranched alkanes of at least 4 members (excludes halogenated alkanes) is 2. The van der Waals surface area contributed by atoms with Crippen molar-refractivity contribution in [3.05, 3.63) is 0 Å². The minimum Gasteiger partial charge on any atom is -0.481 e. The lowest BCUT2D eigenvalue weighted by Crippen LogP contribution is -2.28. The molecule has 0 fully saturated rings. The third-order valence-corrected chi connectivity index (χ3v) is 3.07. The van der Waals surface area contributed by atoms with Crippen molar-refractivity contribution < 1.29 is 18.3 Å². The Kier molecular flexibility index (Phi) is 6.48. The Labute approximate surface area is 84.6 Å². The molecule has 0 spiro atoms. The highest BCUT2D eigenvalue weighted by Crippen LogP contribution is 1.94. The van der Waals surface area contributed by atoms with Crippen LogP contribution in [0.15, 0.2) is 0 Å². The molecule has 0 unspecified atom stereocenters. The van der Waals surface area contributed by atoms with Gasteiger partial charge >= 0.3 is 5.97 Å². The van der Waals surface area contributed by atoms with Gasteiger partial charge in [0.2, 0.25) is 10.0 Å². The SMILES string of the molecule is CCCCCNS(=O)(=O)CCC(=O)O. The largest absolute Gasteiger partial charge is 0.481 e. The maximum atomic E-state index is 11.1. The van der Waals surface area contributed by atoms with Crippen LogP contribution in [0.5, 0.6) is 0 Å². The molecular weight excluding hydrogens is 206 g/mol. The molecule has 0 aromatic heterocycles. The van der Waals surface area contributed by atoms with Gasteiger partial charge in [-0.1, -0.05) is 19.8 Å². The lowest BCUT2D eigenvalue weighted by atomic mass is 10.3. The molecule has 0 amide bonds. The quantitative estimate of drug-likeness (QED) is 0.589. The summed E-state index contributed by atoms with van der Waals surface area (Å²) in [6.45, 7) is 2.43. The summed E-state index contributed by atoms with van der Waals surface area (Å²) >= 11 is 0. The molecular formula is C8H17NO4S. The molecule has 84 valence electrons. The minimum absolute atomic E-state index is 0.339. The molecule has 0 aliphatic heterocycles. The van der Waals surface area contributed by atoms with Gasteiger partial charge in [-0.3, -0.25) is 4.79 Å². The van der Waals surface area contributed by atoms with Crippen LogP contribution in [0.3, 0.4) is 0 Å². The number of hydrogen-bond donors (Lipinski definition) is 2. The molecule has 0 saturated heterocycles. The zero-order chi connectivity index (χ0) is 11.0. The molecule has 5 nitrogen and oxygen atoms in total. The molecule has 0 aliphatic rings. The topological polar surface area (TPSA) is 83.5 Å². The van der Waals surface area contributed by atoms with Crippen molar-refractivity contribution in [2.24, 2.45) is 0 Å².